The molecule has 7 nitrogen and oxygen atoms in total. The Morgan fingerprint density at radius 1 is 1.07 bits per heavy atom. The van der Waals surface area contributed by atoms with E-state index in [1.165, 1.54) is 14.0 Å². The van der Waals surface area contributed by atoms with Gasteiger partial charge in [0.25, 0.3) is 5.91 Å². The Labute approximate surface area is 169 Å². The van der Waals surface area contributed by atoms with Crippen LogP contribution in [0.3, 0.4) is 0 Å². The normalized spacial score (nSPS) is 10.0. The van der Waals surface area contributed by atoms with Gasteiger partial charge in [-0.25, -0.2) is 4.79 Å². The highest BCUT2D eigenvalue weighted by Crippen LogP contribution is 2.28. The van der Waals surface area contributed by atoms with Crippen LogP contribution in [-0.4, -0.2) is 38.0 Å². The Kier molecular flexibility index (Phi) is 7.97. The first kappa shape index (κ1) is 21.7. The second-order valence-corrected chi connectivity index (χ2v) is 6.11. The highest BCUT2D eigenvalue weighted by Gasteiger charge is 2.12. The van der Waals surface area contributed by atoms with Gasteiger partial charge in [0.05, 0.1) is 7.11 Å². The zero-order valence-electron chi connectivity index (χ0n) is 16.4. The summed E-state index contributed by atoms with van der Waals surface area (Å²) in [4.78, 5) is 35.2. The minimum absolute atomic E-state index is 0.113. The van der Waals surface area contributed by atoms with Crippen LogP contribution in [-0.2, 0) is 20.7 Å². The molecule has 152 valence electrons. The van der Waals surface area contributed by atoms with Crippen LogP contribution >= 0.6 is 0 Å². The summed E-state index contributed by atoms with van der Waals surface area (Å²) in [5.41, 5.74) is 1.91. The van der Waals surface area contributed by atoms with Crippen LogP contribution in [0.4, 0.5) is 5.69 Å². The molecule has 0 radical (unpaired) electrons. The number of carbonyl (C=O) groups excluding carboxylic acids is 3. The molecule has 0 saturated carbocycles. The number of ketones is 1. The van der Waals surface area contributed by atoms with Crippen molar-refractivity contribution >= 4 is 23.3 Å². The van der Waals surface area contributed by atoms with Crippen molar-refractivity contribution in [2.45, 2.75) is 13.3 Å². The van der Waals surface area contributed by atoms with Gasteiger partial charge in [0.15, 0.2) is 30.5 Å². The highest BCUT2D eigenvalue weighted by molar-refractivity contribution is 5.97. The summed E-state index contributed by atoms with van der Waals surface area (Å²) in [6.07, 6.45) is 2.46. The van der Waals surface area contributed by atoms with E-state index in [0.717, 1.165) is 5.56 Å². The summed E-state index contributed by atoms with van der Waals surface area (Å²) in [7, 11) is 1.50. The topological polar surface area (TPSA) is 90.9 Å². The number of nitrogens with one attached hydrogen (secondary N) is 1. The molecule has 2 rings (SSSR count). The van der Waals surface area contributed by atoms with Crippen molar-refractivity contribution < 1.29 is 28.6 Å². The third-order valence-electron chi connectivity index (χ3n) is 3.87. The molecule has 29 heavy (non-hydrogen) atoms. The highest BCUT2D eigenvalue weighted by atomic mass is 16.6. The molecule has 2 aromatic carbocycles. The Balaban J connectivity index is 1.82. The molecule has 1 N–H and O–H groups in total. The Hall–Kier alpha value is -3.61. The number of methoxy groups -OCH3 is 1. The van der Waals surface area contributed by atoms with Crippen molar-refractivity contribution in [1.82, 2.24) is 0 Å². The van der Waals surface area contributed by atoms with Gasteiger partial charge in [-0.05, 0) is 43.2 Å². The van der Waals surface area contributed by atoms with E-state index in [2.05, 4.69) is 11.9 Å². The van der Waals surface area contributed by atoms with E-state index in [-0.39, 0.29) is 12.4 Å². The molecule has 0 aliphatic carbocycles. The first-order chi connectivity index (χ1) is 13.9. The quantitative estimate of drug-likeness (QED) is 0.376. The molecular weight excluding hydrogens is 374 g/mol. The summed E-state index contributed by atoms with van der Waals surface area (Å²) < 4.78 is 15.6. The lowest BCUT2D eigenvalue weighted by Crippen LogP contribution is -2.23. The molecule has 0 aromatic heterocycles. The van der Waals surface area contributed by atoms with Gasteiger partial charge < -0.3 is 19.5 Å². The van der Waals surface area contributed by atoms with Crippen LogP contribution in [0, 0.1) is 0 Å². The lowest BCUT2D eigenvalue weighted by molar-refractivity contribution is -0.149. The van der Waals surface area contributed by atoms with E-state index in [4.69, 9.17) is 14.2 Å². The number of allylic oxidation sites excluding steroid dienone is 1. The zero-order chi connectivity index (χ0) is 21.2. The van der Waals surface area contributed by atoms with Crippen molar-refractivity contribution in [2.24, 2.45) is 0 Å². The van der Waals surface area contributed by atoms with Crippen molar-refractivity contribution in [1.29, 1.82) is 0 Å². The van der Waals surface area contributed by atoms with Gasteiger partial charge in [-0.15, -0.1) is 6.58 Å². The molecule has 0 saturated heterocycles. The number of carbonyl (C=O) groups is 3. The summed E-state index contributed by atoms with van der Waals surface area (Å²) in [6, 6.07) is 11.8. The second kappa shape index (κ2) is 10.7. The second-order valence-electron chi connectivity index (χ2n) is 6.11. The number of amides is 1. The predicted octanol–water partition coefficient (Wildman–Crippen LogP) is 3.19. The standard InChI is InChI=1S/C22H23NO6/c1-4-6-16-9-10-19(20(11-16)27-3)28-14-22(26)29-13-21(25)23-18-8-5-7-17(12-18)15(2)24/h4-5,7-12H,1,6,13-14H2,2-3H3,(H,23,25). The van der Waals surface area contributed by atoms with E-state index >= 15 is 0 Å². The number of esters is 1. The van der Waals surface area contributed by atoms with Crippen LogP contribution in [0.5, 0.6) is 11.5 Å². The first-order valence-electron chi connectivity index (χ1n) is 8.90. The Morgan fingerprint density at radius 2 is 1.86 bits per heavy atom. The molecule has 0 bridgehead atoms. The molecule has 7 heteroatoms. The summed E-state index contributed by atoms with van der Waals surface area (Å²) in [5, 5.41) is 2.57. The van der Waals surface area contributed by atoms with Gasteiger partial charge in [-0.3, -0.25) is 9.59 Å². The van der Waals surface area contributed by atoms with Gasteiger partial charge in [0.1, 0.15) is 0 Å². The minimum Gasteiger partial charge on any atom is -0.493 e. The van der Waals surface area contributed by atoms with Gasteiger partial charge in [-0.1, -0.05) is 24.3 Å². The molecule has 2 aromatic rings. The third-order valence-corrected chi connectivity index (χ3v) is 3.87. The van der Waals surface area contributed by atoms with Crippen molar-refractivity contribution in [3.05, 3.63) is 66.2 Å². The number of rotatable bonds is 10. The van der Waals surface area contributed by atoms with Gasteiger partial charge in [-0.2, -0.15) is 0 Å². The molecule has 1 amide bonds. The molecule has 0 spiro atoms. The van der Waals surface area contributed by atoms with Crippen LogP contribution in [0.1, 0.15) is 22.8 Å². The number of ether oxygens (including phenoxy) is 3. The van der Waals surface area contributed by atoms with E-state index in [1.54, 1.807) is 42.5 Å². The molecule has 0 aliphatic heterocycles. The van der Waals surface area contributed by atoms with E-state index < -0.39 is 18.5 Å². The fourth-order valence-corrected chi connectivity index (χ4v) is 2.46. The largest absolute Gasteiger partial charge is 0.493 e. The SMILES string of the molecule is C=CCc1ccc(OCC(=O)OCC(=O)Nc2cccc(C(C)=O)c2)c(OC)c1. The average molecular weight is 397 g/mol. The van der Waals surface area contributed by atoms with E-state index in [0.29, 0.717) is 29.2 Å². The van der Waals surface area contributed by atoms with Crippen molar-refractivity contribution in [2.75, 3.05) is 25.6 Å². The molecule has 0 unspecified atom stereocenters. The molecule has 0 heterocycles. The molecule has 0 atom stereocenters. The van der Waals surface area contributed by atoms with Crippen LogP contribution < -0.4 is 14.8 Å². The van der Waals surface area contributed by atoms with E-state index in [9.17, 15) is 14.4 Å². The number of hydrogen-bond donors (Lipinski definition) is 1. The average Bonchev–Trinajstić information content (AvgIpc) is 2.71. The lowest BCUT2D eigenvalue weighted by Gasteiger charge is -2.12. The van der Waals surface area contributed by atoms with Gasteiger partial charge >= 0.3 is 5.97 Å². The van der Waals surface area contributed by atoms with Gasteiger partial charge in [0.2, 0.25) is 0 Å². The monoisotopic (exact) mass is 397 g/mol. The van der Waals surface area contributed by atoms with Gasteiger partial charge in [0, 0.05) is 11.3 Å². The zero-order valence-corrected chi connectivity index (χ0v) is 16.4. The minimum atomic E-state index is -0.699. The predicted molar refractivity (Wildman–Crippen MR) is 108 cm³/mol. The fourth-order valence-electron chi connectivity index (χ4n) is 2.46. The number of hydrogen-bond acceptors (Lipinski definition) is 6. The molecule has 0 fully saturated rings. The summed E-state index contributed by atoms with van der Waals surface area (Å²) in [5.74, 6) is -0.457. The summed E-state index contributed by atoms with van der Waals surface area (Å²) >= 11 is 0. The van der Waals surface area contributed by atoms with Crippen molar-refractivity contribution in [3.8, 4) is 11.5 Å². The number of benzene rings is 2. The van der Waals surface area contributed by atoms with E-state index in [1.807, 2.05) is 6.07 Å². The van der Waals surface area contributed by atoms with Crippen LogP contribution in [0.25, 0.3) is 0 Å². The van der Waals surface area contributed by atoms with Crippen LogP contribution in [0.15, 0.2) is 55.1 Å². The molecule has 0 aliphatic rings. The van der Waals surface area contributed by atoms with Crippen molar-refractivity contribution in [3.63, 3.8) is 0 Å². The maximum Gasteiger partial charge on any atom is 0.344 e. The number of anilines is 1. The Bertz CT molecular complexity index is 906. The number of Topliss-reactive ketones (excluding diaryl/α,β-unsaturated/α-hetero) is 1. The fraction of sp³-hybridized carbons (Fsp3) is 0.227. The smallest absolute Gasteiger partial charge is 0.344 e. The third kappa shape index (κ3) is 6.80. The molecular formula is C22H23NO6. The maximum absolute atomic E-state index is 11.9. The first-order valence-corrected chi connectivity index (χ1v) is 8.90. The lowest BCUT2D eigenvalue weighted by atomic mass is 10.1. The summed E-state index contributed by atoms with van der Waals surface area (Å²) in [6.45, 7) is 4.28. The Morgan fingerprint density at radius 3 is 2.55 bits per heavy atom. The maximum atomic E-state index is 11.9. The van der Waals surface area contributed by atoms with Crippen LogP contribution in [0.2, 0.25) is 0 Å².